The van der Waals surface area contributed by atoms with Crippen molar-refractivity contribution in [3.63, 3.8) is 0 Å². The van der Waals surface area contributed by atoms with Crippen LogP contribution in [0, 0.1) is 4.91 Å². The fourth-order valence-electron chi connectivity index (χ4n) is 1.10. The molecule has 0 saturated heterocycles. The molecule has 0 saturated carbocycles. The first-order chi connectivity index (χ1) is 5.83. The van der Waals surface area contributed by atoms with Gasteiger partial charge in [0.15, 0.2) is 0 Å². The number of fused-ring (bicyclic) bond motifs is 1. The van der Waals surface area contributed by atoms with Crippen LogP contribution in [-0.2, 0) is 0 Å². The second-order valence-electron chi connectivity index (χ2n) is 2.34. The van der Waals surface area contributed by atoms with E-state index >= 15 is 0 Å². The van der Waals surface area contributed by atoms with Crippen LogP contribution < -0.4 is 0 Å². The van der Waals surface area contributed by atoms with Gasteiger partial charge in [-0.05, 0) is 28.9 Å². The van der Waals surface area contributed by atoms with Crippen molar-refractivity contribution in [2.75, 3.05) is 0 Å². The van der Waals surface area contributed by atoms with Crippen molar-refractivity contribution >= 4 is 28.1 Å². The Hall–Kier alpha value is -1.35. The summed E-state index contributed by atoms with van der Waals surface area (Å²) in [5.74, 6) is 0. The Kier molecular flexibility index (Phi) is 1.59. The number of nitrogens with zero attached hydrogens (tertiary/aromatic N) is 1. The molecule has 0 aliphatic rings. The minimum Gasteiger partial charge on any atom is -0.452 e. The van der Waals surface area contributed by atoms with Crippen molar-refractivity contribution in [1.29, 1.82) is 0 Å². The Morgan fingerprint density at radius 3 is 2.92 bits per heavy atom. The summed E-state index contributed by atoms with van der Waals surface area (Å²) in [5, 5.41) is 4.50. The highest BCUT2D eigenvalue weighted by Crippen LogP contribution is 2.32. The summed E-state index contributed by atoms with van der Waals surface area (Å²) < 4.78 is 4.92. The molecule has 2 rings (SSSR count). The van der Waals surface area contributed by atoms with Gasteiger partial charge in [-0.15, -0.1) is 4.91 Å². The van der Waals surface area contributed by atoms with Crippen LogP contribution in [0.15, 0.2) is 34.1 Å². The van der Waals surface area contributed by atoms with Crippen LogP contribution >= 0.6 is 11.6 Å². The highest BCUT2D eigenvalue weighted by atomic mass is 35.5. The normalized spacial score (nSPS) is 10.4. The summed E-state index contributed by atoms with van der Waals surface area (Å²) in [6.45, 7) is 0. The number of rotatable bonds is 1. The summed E-state index contributed by atoms with van der Waals surface area (Å²) in [4.78, 5) is 10.3. The molecule has 0 unspecified atom stereocenters. The third-order valence-electron chi connectivity index (χ3n) is 1.67. The first-order valence-electron chi connectivity index (χ1n) is 3.32. The minimum atomic E-state index is 0.288. The van der Waals surface area contributed by atoms with Gasteiger partial charge in [0.1, 0.15) is 12.0 Å². The van der Waals surface area contributed by atoms with Crippen molar-refractivity contribution in [2.45, 2.75) is 0 Å². The lowest BCUT2D eigenvalue weighted by Crippen LogP contribution is -1.65. The molecule has 1 aromatic carbocycles. The Morgan fingerprint density at radius 2 is 2.17 bits per heavy atom. The Morgan fingerprint density at radius 1 is 1.33 bits per heavy atom. The van der Waals surface area contributed by atoms with Crippen LogP contribution in [0.5, 0.6) is 0 Å². The number of halogens is 1. The van der Waals surface area contributed by atoms with E-state index in [1.54, 1.807) is 18.2 Å². The molecule has 0 atom stereocenters. The van der Waals surface area contributed by atoms with Crippen molar-refractivity contribution in [1.82, 2.24) is 0 Å². The number of hydrogen-bond acceptors (Lipinski definition) is 3. The smallest absolute Gasteiger partial charge is 0.200 e. The van der Waals surface area contributed by atoms with Crippen molar-refractivity contribution in [3.05, 3.63) is 34.6 Å². The monoisotopic (exact) mass is 181 g/mol. The number of nitroso groups, excluding NO2 is 1. The summed E-state index contributed by atoms with van der Waals surface area (Å²) >= 11 is 5.69. The van der Waals surface area contributed by atoms with Gasteiger partial charge in [0.2, 0.25) is 5.22 Å². The second kappa shape index (κ2) is 2.60. The maximum absolute atomic E-state index is 10.3. The van der Waals surface area contributed by atoms with Crippen molar-refractivity contribution in [2.24, 2.45) is 5.18 Å². The molecule has 60 valence electrons. The molecule has 4 heteroatoms. The van der Waals surface area contributed by atoms with E-state index in [4.69, 9.17) is 16.0 Å². The molecule has 2 aromatic rings. The topological polar surface area (TPSA) is 42.6 Å². The van der Waals surface area contributed by atoms with E-state index in [2.05, 4.69) is 5.18 Å². The molecule has 0 aliphatic heterocycles. The van der Waals surface area contributed by atoms with Gasteiger partial charge < -0.3 is 4.42 Å². The fourth-order valence-corrected chi connectivity index (χ4v) is 1.31. The Bertz CT molecular complexity index is 436. The number of furan rings is 1. The lowest BCUT2D eigenvalue weighted by Gasteiger charge is -1.89. The first kappa shape index (κ1) is 7.31. The van der Waals surface area contributed by atoms with Gasteiger partial charge in [-0.2, -0.15) is 0 Å². The Labute approximate surface area is 72.9 Å². The highest BCUT2D eigenvalue weighted by molar-refractivity contribution is 6.34. The maximum Gasteiger partial charge on any atom is 0.200 e. The predicted octanol–water partition coefficient (Wildman–Crippen LogP) is 3.48. The van der Waals surface area contributed by atoms with Crippen LogP contribution in [0.25, 0.3) is 10.8 Å². The lowest BCUT2D eigenvalue weighted by molar-refractivity contribution is 0.574. The third-order valence-corrected chi connectivity index (χ3v) is 1.97. The average molecular weight is 182 g/mol. The van der Waals surface area contributed by atoms with Gasteiger partial charge in [-0.3, -0.25) is 0 Å². The molecule has 0 spiro atoms. The molecule has 3 nitrogen and oxygen atoms in total. The zero-order valence-corrected chi connectivity index (χ0v) is 6.71. The summed E-state index contributed by atoms with van der Waals surface area (Å²) in [6, 6.07) is 5.09. The zero-order chi connectivity index (χ0) is 8.55. The molecular formula is C8H4ClNO2. The SMILES string of the molecule is O=Nc1cccc2c(Cl)occ12. The summed E-state index contributed by atoms with van der Waals surface area (Å²) in [6.07, 6.45) is 1.42. The quantitative estimate of drug-likeness (QED) is 0.632. The minimum absolute atomic E-state index is 0.288. The van der Waals surface area contributed by atoms with Crippen molar-refractivity contribution in [3.8, 4) is 0 Å². The molecule has 0 aliphatic carbocycles. The van der Waals surface area contributed by atoms with E-state index in [0.29, 0.717) is 16.5 Å². The van der Waals surface area contributed by atoms with Crippen LogP contribution in [0.3, 0.4) is 0 Å². The van der Waals surface area contributed by atoms with Gasteiger partial charge >= 0.3 is 0 Å². The number of benzene rings is 1. The second-order valence-corrected chi connectivity index (χ2v) is 2.68. The molecular weight excluding hydrogens is 178 g/mol. The van der Waals surface area contributed by atoms with Gasteiger partial charge in [-0.25, -0.2) is 0 Å². The first-order valence-corrected chi connectivity index (χ1v) is 3.70. The van der Waals surface area contributed by atoms with Gasteiger partial charge in [0.05, 0.1) is 5.39 Å². The predicted molar refractivity (Wildman–Crippen MR) is 46.7 cm³/mol. The van der Waals surface area contributed by atoms with E-state index in [-0.39, 0.29) is 5.22 Å². The largest absolute Gasteiger partial charge is 0.452 e. The van der Waals surface area contributed by atoms with Crippen LogP contribution in [-0.4, -0.2) is 0 Å². The maximum atomic E-state index is 10.3. The molecule has 1 heterocycles. The molecule has 0 amide bonds. The van der Waals surface area contributed by atoms with Crippen LogP contribution in [0.4, 0.5) is 5.69 Å². The molecule has 0 fully saturated rings. The molecule has 0 radical (unpaired) electrons. The van der Waals surface area contributed by atoms with E-state index in [1.165, 1.54) is 6.26 Å². The molecule has 0 bridgehead atoms. The van der Waals surface area contributed by atoms with Crippen LogP contribution in [0.1, 0.15) is 0 Å². The van der Waals surface area contributed by atoms with E-state index in [1.807, 2.05) is 0 Å². The van der Waals surface area contributed by atoms with E-state index in [0.717, 1.165) is 0 Å². The zero-order valence-electron chi connectivity index (χ0n) is 5.95. The summed E-state index contributed by atoms with van der Waals surface area (Å²) in [5.41, 5.74) is 0.350. The van der Waals surface area contributed by atoms with Gasteiger partial charge in [0, 0.05) is 5.39 Å². The highest BCUT2D eigenvalue weighted by Gasteiger charge is 2.06. The molecule has 1 aromatic heterocycles. The van der Waals surface area contributed by atoms with Crippen molar-refractivity contribution < 1.29 is 4.42 Å². The van der Waals surface area contributed by atoms with Gasteiger partial charge in [0.25, 0.3) is 0 Å². The van der Waals surface area contributed by atoms with E-state index in [9.17, 15) is 4.91 Å². The molecule has 0 N–H and O–H groups in total. The molecule has 12 heavy (non-hydrogen) atoms. The lowest BCUT2D eigenvalue weighted by atomic mass is 10.2. The summed E-state index contributed by atoms with van der Waals surface area (Å²) in [7, 11) is 0. The fraction of sp³-hybridized carbons (Fsp3) is 0. The standard InChI is InChI=1S/C8H4ClNO2/c9-8-5-2-1-3-7(10-11)6(5)4-12-8/h1-4H. The Balaban J connectivity index is 2.89. The van der Waals surface area contributed by atoms with E-state index < -0.39 is 0 Å². The third kappa shape index (κ3) is 0.905. The van der Waals surface area contributed by atoms with Gasteiger partial charge in [-0.1, -0.05) is 6.07 Å². The average Bonchev–Trinajstić information content (AvgIpc) is 2.48. The van der Waals surface area contributed by atoms with Crippen LogP contribution in [0.2, 0.25) is 5.22 Å². The number of hydrogen-bond donors (Lipinski definition) is 0.